The van der Waals surface area contributed by atoms with Gasteiger partial charge in [0.15, 0.2) is 0 Å². The predicted molar refractivity (Wildman–Crippen MR) is 73.9 cm³/mol. The maximum Gasteiger partial charge on any atom is 0.0811 e. The van der Waals surface area contributed by atoms with E-state index in [4.69, 9.17) is 9.47 Å². The Bertz CT molecular complexity index is 235. The highest BCUT2D eigenvalue weighted by molar-refractivity contribution is 4.91. The van der Waals surface area contributed by atoms with Crippen LogP contribution in [0.3, 0.4) is 0 Å². The molecule has 1 atom stereocenters. The summed E-state index contributed by atoms with van der Waals surface area (Å²) in [6.45, 7) is 6.72. The summed E-state index contributed by atoms with van der Waals surface area (Å²) < 4.78 is 11.8. The van der Waals surface area contributed by atoms with Crippen LogP contribution < -0.4 is 5.32 Å². The zero-order valence-electron chi connectivity index (χ0n) is 12.0. The Morgan fingerprint density at radius 3 is 2.56 bits per heavy atom. The highest BCUT2D eigenvalue weighted by Crippen LogP contribution is 2.33. The number of hydrogen-bond donors (Lipinski definition) is 1. The predicted octanol–water partition coefficient (Wildman–Crippen LogP) is 2.88. The van der Waals surface area contributed by atoms with Crippen LogP contribution in [-0.2, 0) is 9.47 Å². The van der Waals surface area contributed by atoms with Crippen LogP contribution in [0.15, 0.2) is 0 Å². The van der Waals surface area contributed by atoms with E-state index in [1.54, 1.807) is 0 Å². The molecule has 0 spiro atoms. The molecule has 18 heavy (non-hydrogen) atoms. The van der Waals surface area contributed by atoms with Gasteiger partial charge < -0.3 is 14.8 Å². The first-order valence-electron chi connectivity index (χ1n) is 7.73. The second-order valence-corrected chi connectivity index (χ2v) is 5.99. The van der Waals surface area contributed by atoms with Crippen molar-refractivity contribution in [2.24, 2.45) is 0 Å². The smallest absolute Gasteiger partial charge is 0.0811 e. The molecular formula is C15H29NO2. The lowest BCUT2D eigenvalue weighted by Crippen LogP contribution is -2.47. The molecule has 2 fully saturated rings. The zero-order chi connectivity index (χ0) is 12.8. The van der Waals surface area contributed by atoms with Gasteiger partial charge in [-0.3, -0.25) is 0 Å². The lowest BCUT2D eigenvalue weighted by molar-refractivity contribution is -0.126. The molecule has 2 aliphatic carbocycles. The van der Waals surface area contributed by atoms with Gasteiger partial charge in [-0.1, -0.05) is 19.3 Å². The minimum atomic E-state index is 0.0807. The van der Waals surface area contributed by atoms with Gasteiger partial charge in [0.2, 0.25) is 0 Å². The summed E-state index contributed by atoms with van der Waals surface area (Å²) in [6, 6.07) is 0.773. The molecule has 0 radical (unpaired) electrons. The lowest BCUT2D eigenvalue weighted by Gasteiger charge is -2.39. The Kier molecular flexibility index (Phi) is 5.46. The van der Waals surface area contributed by atoms with Gasteiger partial charge in [-0.15, -0.1) is 0 Å². The molecule has 2 aliphatic rings. The standard InChI is InChI=1S/C15H29NO2/c1-3-17-11-13(2)18-15(9-5-4-6-10-15)12-16-14-7-8-14/h13-14,16H,3-12H2,1-2H3. The lowest BCUT2D eigenvalue weighted by atomic mass is 9.84. The van der Waals surface area contributed by atoms with E-state index in [1.165, 1.54) is 44.9 Å². The molecule has 0 amide bonds. The first-order chi connectivity index (χ1) is 8.74. The van der Waals surface area contributed by atoms with Crippen molar-refractivity contribution in [2.45, 2.75) is 76.5 Å². The van der Waals surface area contributed by atoms with E-state index in [9.17, 15) is 0 Å². The summed E-state index contributed by atoms with van der Waals surface area (Å²) in [7, 11) is 0. The molecule has 0 bridgehead atoms. The van der Waals surface area contributed by atoms with E-state index < -0.39 is 0 Å². The van der Waals surface area contributed by atoms with E-state index in [2.05, 4.69) is 12.2 Å². The largest absolute Gasteiger partial charge is 0.379 e. The summed E-state index contributed by atoms with van der Waals surface area (Å²) in [5, 5.41) is 3.66. The third-order valence-corrected chi connectivity index (χ3v) is 4.06. The second-order valence-electron chi connectivity index (χ2n) is 5.99. The molecule has 0 heterocycles. The van der Waals surface area contributed by atoms with Gasteiger partial charge in [-0.2, -0.15) is 0 Å². The minimum Gasteiger partial charge on any atom is -0.379 e. The van der Waals surface area contributed by atoms with Crippen LogP contribution >= 0.6 is 0 Å². The fourth-order valence-corrected chi connectivity index (χ4v) is 2.89. The number of ether oxygens (including phenoxy) is 2. The van der Waals surface area contributed by atoms with Crippen molar-refractivity contribution in [2.75, 3.05) is 19.8 Å². The van der Waals surface area contributed by atoms with Crippen molar-refractivity contribution in [3.63, 3.8) is 0 Å². The van der Waals surface area contributed by atoms with Crippen molar-refractivity contribution in [3.8, 4) is 0 Å². The van der Waals surface area contributed by atoms with Gasteiger partial charge >= 0.3 is 0 Å². The fraction of sp³-hybridized carbons (Fsp3) is 1.00. The molecule has 0 saturated heterocycles. The molecule has 1 unspecified atom stereocenters. The molecule has 0 aromatic heterocycles. The summed E-state index contributed by atoms with van der Waals surface area (Å²) in [6.07, 6.45) is 9.33. The fourth-order valence-electron chi connectivity index (χ4n) is 2.89. The third-order valence-electron chi connectivity index (χ3n) is 4.06. The van der Waals surface area contributed by atoms with Crippen LogP contribution in [0.1, 0.15) is 58.8 Å². The van der Waals surface area contributed by atoms with Crippen LogP contribution in [0.4, 0.5) is 0 Å². The van der Waals surface area contributed by atoms with Gasteiger partial charge in [-0.05, 0) is 39.5 Å². The van der Waals surface area contributed by atoms with Crippen molar-refractivity contribution in [3.05, 3.63) is 0 Å². The number of hydrogen-bond acceptors (Lipinski definition) is 3. The van der Waals surface area contributed by atoms with Crippen LogP contribution in [0, 0.1) is 0 Å². The third kappa shape index (κ3) is 4.52. The Morgan fingerprint density at radius 2 is 1.94 bits per heavy atom. The second kappa shape index (κ2) is 6.88. The summed E-state index contributed by atoms with van der Waals surface area (Å²) in [5.41, 5.74) is 0.0807. The molecule has 1 N–H and O–H groups in total. The number of rotatable bonds is 8. The van der Waals surface area contributed by atoms with Crippen LogP contribution in [-0.4, -0.2) is 37.5 Å². The first-order valence-corrected chi connectivity index (χ1v) is 7.73. The molecule has 0 aromatic carbocycles. The molecule has 2 saturated carbocycles. The van der Waals surface area contributed by atoms with Gasteiger partial charge in [0.05, 0.1) is 18.3 Å². The monoisotopic (exact) mass is 255 g/mol. The molecule has 0 aromatic rings. The van der Waals surface area contributed by atoms with Crippen molar-refractivity contribution in [1.82, 2.24) is 5.32 Å². The van der Waals surface area contributed by atoms with E-state index in [0.29, 0.717) is 0 Å². The summed E-state index contributed by atoms with van der Waals surface area (Å²) in [5.74, 6) is 0. The molecule has 106 valence electrons. The molecule has 3 nitrogen and oxygen atoms in total. The van der Waals surface area contributed by atoms with Crippen LogP contribution in [0.25, 0.3) is 0 Å². The molecule has 2 rings (SSSR count). The highest BCUT2D eigenvalue weighted by Gasteiger charge is 2.36. The Hall–Kier alpha value is -0.120. The SMILES string of the molecule is CCOCC(C)OC1(CNC2CC2)CCCCC1. The van der Waals surface area contributed by atoms with Crippen molar-refractivity contribution in [1.29, 1.82) is 0 Å². The Labute approximate surface area is 112 Å². The average Bonchev–Trinajstić information content (AvgIpc) is 3.19. The van der Waals surface area contributed by atoms with Gasteiger partial charge in [-0.25, -0.2) is 0 Å². The summed E-state index contributed by atoms with van der Waals surface area (Å²) >= 11 is 0. The topological polar surface area (TPSA) is 30.5 Å². The Balaban J connectivity index is 1.81. The van der Waals surface area contributed by atoms with Crippen LogP contribution in [0.5, 0.6) is 0 Å². The van der Waals surface area contributed by atoms with Crippen molar-refractivity contribution >= 4 is 0 Å². The van der Waals surface area contributed by atoms with Gasteiger partial charge in [0.1, 0.15) is 0 Å². The zero-order valence-corrected chi connectivity index (χ0v) is 12.0. The van der Waals surface area contributed by atoms with Gasteiger partial charge in [0.25, 0.3) is 0 Å². The molecular weight excluding hydrogens is 226 g/mol. The maximum atomic E-state index is 6.37. The number of nitrogens with one attached hydrogen (secondary N) is 1. The quantitative estimate of drug-likeness (QED) is 0.723. The molecule has 0 aliphatic heterocycles. The van der Waals surface area contributed by atoms with Gasteiger partial charge in [0, 0.05) is 19.2 Å². The van der Waals surface area contributed by atoms with E-state index in [-0.39, 0.29) is 11.7 Å². The average molecular weight is 255 g/mol. The normalized spacial score (nSPS) is 25.0. The summed E-state index contributed by atoms with van der Waals surface area (Å²) in [4.78, 5) is 0. The van der Waals surface area contributed by atoms with E-state index in [1.807, 2.05) is 6.92 Å². The Morgan fingerprint density at radius 1 is 1.22 bits per heavy atom. The minimum absolute atomic E-state index is 0.0807. The van der Waals surface area contributed by atoms with Crippen molar-refractivity contribution < 1.29 is 9.47 Å². The first kappa shape index (κ1) is 14.3. The van der Waals surface area contributed by atoms with E-state index in [0.717, 1.165) is 25.8 Å². The highest BCUT2D eigenvalue weighted by atomic mass is 16.5. The van der Waals surface area contributed by atoms with Crippen LogP contribution in [0.2, 0.25) is 0 Å². The maximum absolute atomic E-state index is 6.37. The molecule has 3 heteroatoms. The van der Waals surface area contributed by atoms with E-state index >= 15 is 0 Å².